The number of hydrogen-bond donors (Lipinski definition) is 3. The fraction of sp³-hybridized carbons (Fsp3) is 0.0714. The number of halogens is 1. The van der Waals surface area contributed by atoms with Gasteiger partial charge in [0.05, 0.1) is 12.8 Å². The molecule has 4 N–H and O–H groups in total. The Labute approximate surface area is 121 Å². The van der Waals surface area contributed by atoms with Crippen molar-refractivity contribution in [2.24, 2.45) is 0 Å². The Morgan fingerprint density at radius 3 is 2.50 bits per heavy atom. The van der Waals surface area contributed by atoms with Gasteiger partial charge in [0.15, 0.2) is 0 Å². The van der Waals surface area contributed by atoms with Crippen LogP contribution < -0.4 is 21.1 Å². The van der Waals surface area contributed by atoms with Crippen LogP contribution in [0.25, 0.3) is 0 Å². The van der Waals surface area contributed by atoms with Crippen molar-refractivity contribution < 1.29 is 9.53 Å². The van der Waals surface area contributed by atoms with Crippen LogP contribution in [0.4, 0.5) is 21.9 Å². The third kappa shape index (κ3) is 3.55. The van der Waals surface area contributed by atoms with E-state index >= 15 is 0 Å². The van der Waals surface area contributed by atoms with Crippen LogP contribution in [0.3, 0.4) is 0 Å². The first-order valence-corrected chi connectivity index (χ1v) is 6.23. The van der Waals surface area contributed by atoms with Crippen LogP contribution in [0, 0.1) is 0 Å². The minimum absolute atomic E-state index is 0.393. The molecule has 0 radical (unpaired) electrons. The zero-order valence-electron chi connectivity index (χ0n) is 10.8. The Morgan fingerprint density at radius 2 is 1.85 bits per heavy atom. The molecule has 0 heterocycles. The molecule has 2 rings (SSSR count). The van der Waals surface area contributed by atoms with Crippen LogP contribution in [-0.2, 0) is 0 Å². The third-order valence-electron chi connectivity index (χ3n) is 2.58. The second-order valence-corrected chi connectivity index (χ2v) is 4.48. The van der Waals surface area contributed by atoms with Crippen LogP contribution in [-0.4, -0.2) is 13.1 Å². The third-order valence-corrected chi connectivity index (χ3v) is 2.81. The zero-order valence-corrected chi connectivity index (χ0v) is 11.6. The van der Waals surface area contributed by atoms with Gasteiger partial charge in [0.1, 0.15) is 5.75 Å². The van der Waals surface area contributed by atoms with Crippen LogP contribution in [0.15, 0.2) is 42.5 Å². The topological polar surface area (TPSA) is 76.4 Å². The zero-order chi connectivity index (χ0) is 14.5. The standard InChI is InChI=1S/C14H14ClN3O2/c1-20-13-7-2-9(15)8-12(13)18-14(19)17-11-5-3-10(16)4-6-11/h2-8H,16H2,1H3,(H2,17,18,19). The van der Waals surface area contributed by atoms with Gasteiger partial charge < -0.3 is 21.1 Å². The van der Waals surface area contributed by atoms with Gasteiger partial charge in [-0.2, -0.15) is 0 Å². The van der Waals surface area contributed by atoms with E-state index in [2.05, 4.69) is 10.6 Å². The van der Waals surface area contributed by atoms with Crippen LogP contribution in [0.1, 0.15) is 0 Å². The highest BCUT2D eigenvalue weighted by Crippen LogP contribution is 2.27. The van der Waals surface area contributed by atoms with Gasteiger partial charge in [-0.1, -0.05) is 11.6 Å². The van der Waals surface area contributed by atoms with Crippen LogP contribution >= 0.6 is 11.6 Å². The molecular weight excluding hydrogens is 278 g/mol. The fourth-order valence-electron chi connectivity index (χ4n) is 1.63. The Morgan fingerprint density at radius 1 is 1.15 bits per heavy atom. The number of benzene rings is 2. The summed E-state index contributed by atoms with van der Waals surface area (Å²) in [5.41, 5.74) is 7.34. The smallest absolute Gasteiger partial charge is 0.323 e. The molecule has 0 atom stereocenters. The van der Waals surface area contributed by atoms with Crippen molar-refractivity contribution in [1.82, 2.24) is 0 Å². The summed E-state index contributed by atoms with van der Waals surface area (Å²) < 4.78 is 5.15. The number of nitrogens with one attached hydrogen (secondary N) is 2. The Hall–Kier alpha value is -2.40. The Kier molecular flexibility index (Phi) is 4.32. The van der Waals surface area contributed by atoms with Crippen molar-refractivity contribution >= 4 is 34.7 Å². The van der Waals surface area contributed by atoms with Crippen molar-refractivity contribution in [3.63, 3.8) is 0 Å². The molecule has 104 valence electrons. The van der Waals surface area contributed by atoms with Gasteiger partial charge in [0, 0.05) is 16.4 Å². The van der Waals surface area contributed by atoms with E-state index in [1.807, 2.05) is 0 Å². The molecule has 0 bridgehead atoms. The van der Waals surface area contributed by atoms with E-state index in [-0.39, 0.29) is 0 Å². The van der Waals surface area contributed by atoms with E-state index < -0.39 is 6.03 Å². The maximum Gasteiger partial charge on any atom is 0.323 e. The molecule has 0 saturated carbocycles. The number of methoxy groups -OCH3 is 1. The molecule has 5 nitrogen and oxygen atoms in total. The number of carbonyl (C=O) groups excluding carboxylic acids is 1. The lowest BCUT2D eigenvalue weighted by Gasteiger charge is -2.11. The number of hydrogen-bond acceptors (Lipinski definition) is 3. The molecule has 0 aromatic heterocycles. The molecule has 2 aromatic rings. The van der Waals surface area contributed by atoms with Gasteiger partial charge in [-0.05, 0) is 42.5 Å². The normalized spacial score (nSPS) is 9.90. The molecule has 0 saturated heterocycles. The lowest BCUT2D eigenvalue weighted by atomic mass is 10.3. The minimum atomic E-state index is -0.393. The van der Waals surface area contributed by atoms with Crippen molar-refractivity contribution in [2.45, 2.75) is 0 Å². The highest BCUT2D eigenvalue weighted by Gasteiger charge is 2.08. The second kappa shape index (κ2) is 6.16. The van der Waals surface area contributed by atoms with Gasteiger partial charge in [0.2, 0.25) is 0 Å². The van der Waals surface area contributed by atoms with Crippen molar-refractivity contribution in [3.8, 4) is 5.75 Å². The molecule has 6 heteroatoms. The molecule has 2 amide bonds. The van der Waals surface area contributed by atoms with Crippen molar-refractivity contribution in [1.29, 1.82) is 0 Å². The maximum atomic E-state index is 11.9. The van der Waals surface area contributed by atoms with E-state index in [1.165, 1.54) is 7.11 Å². The molecular formula is C14H14ClN3O2. The number of ether oxygens (including phenoxy) is 1. The second-order valence-electron chi connectivity index (χ2n) is 4.05. The van der Waals surface area contributed by atoms with E-state index in [0.717, 1.165) is 0 Å². The monoisotopic (exact) mass is 291 g/mol. The summed E-state index contributed by atoms with van der Waals surface area (Å²) in [5.74, 6) is 0.529. The molecule has 0 aliphatic rings. The van der Waals surface area contributed by atoms with Crippen molar-refractivity contribution in [2.75, 3.05) is 23.5 Å². The molecule has 0 unspecified atom stereocenters. The van der Waals surface area contributed by atoms with Crippen molar-refractivity contribution in [3.05, 3.63) is 47.5 Å². The minimum Gasteiger partial charge on any atom is -0.495 e. The summed E-state index contributed by atoms with van der Waals surface area (Å²) in [7, 11) is 1.52. The number of anilines is 3. The SMILES string of the molecule is COc1ccc(Cl)cc1NC(=O)Nc1ccc(N)cc1. The fourth-order valence-corrected chi connectivity index (χ4v) is 1.80. The van der Waals surface area contributed by atoms with Gasteiger partial charge >= 0.3 is 6.03 Å². The number of nitrogens with two attached hydrogens (primary N) is 1. The molecule has 20 heavy (non-hydrogen) atoms. The number of rotatable bonds is 3. The Bertz CT molecular complexity index is 614. The largest absolute Gasteiger partial charge is 0.495 e. The molecule has 0 aliphatic heterocycles. The summed E-state index contributed by atoms with van der Waals surface area (Å²) in [5, 5.41) is 5.87. The summed E-state index contributed by atoms with van der Waals surface area (Å²) in [6.07, 6.45) is 0. The summed E-state index contributed by atoms with van der Waals surface area (Å²) >= 11 is 5.89. The lowest BCUT2D eigenvalue weighted by Crippen LogP contribution is -2.19. The van der Waals surface area contributed by atoms with Gasteiger partial charge in [-0.3, -0.25) is 0 Å². The molecule has 0 aliphatic carbocycles. The predicted molar refractivity (Wildman–Crippen MR) is 81.5 cm³/mol. The van der Waals surface area contributed by atoms with Crippen LogP contribution in [0.5, 0.6) is 5.75 Å². The number of urea groups is 1. The number of nitrogen functional groups attached to an aromatic ring is 1. The summed E-state index contributed by atoms with van der Waals surface area (Å²) in [6, 6.07) is 11.4. The molecule has 0 spiro atoms. The number of carbonyl (C=O) groups is 1. The van der Waals surface area contributed by atoms with E-state index in [1.54, 1.807) is 42.5 Å². The molecule has 2 aromatic carbocycles. The van der Waals surface area contributed by atoms with E-state index in [0.29, 0.717) is 27.8 Å². The van der Waals surface area contributed by atoms with E-state index in [4.69, 9.17) is 22.1 Å². The first-order chi connectivity index (χ1) is 9.58. The van der Waals surface area contributed by atoms with E-state index in [9.17, 15) is 4.79 Å². The first-order valence-electron chi connectivity index (χ1n) is 5.85. The highest BCUT2D eigenvalue weighted by molar-refractivity contribution is 6.31. The highest BCUT2D eigenvalue weighted by atomic mass is 35.5. The molecule has 0 fully saturated rings. The summed E-state index contributed by atoms with van der Waals surface area (Å²) in [4.78, 5) is 11.9. The maximum absolute atomic E-state index is 11.9. The first kappa shape index (κ1) is 14.0. The van der Waals surface area contributed by atoms with Gasteiger partial charge in [-0.15, -0.1) is 0 Å². The quantitative estimate of drug-likeness (QED) is 0.757. The van der Waals surface area contributed by atoms with Crippen LogP contribution in [0.2, 0.25) is 5.02 Å². The Balaban J connectivity index is 2.08. The number of amides is 2. The average Bonchev–Trinajstić information content (AvgIpc) is 2.41. The van der Waals surface area contributed by atoms with Gasteiger partial charge in [0.25, 0.3) is 0 Å². The summed E-state index contributed by atoms with van der Waals surface area (Å²) in [6.45, 7) is 0. The predicted octanol–water partition coefficient (Wildman–Crippen LogP) is 3.57. The average molecular weight is 292 g/mol. The van der Waals surface area contributed by atoms with Gasteiger partial charge in [-0.25, -0.2) is 4.79 Å². The lowest BCUT2D eigenvalue weighted by molar-refractivity contribution is 0.262.